The Hall–Kier alpha value is -2.08. The van der Waals surface area contributed by atoms with E-state index >= 15 is 0 Å². The summed E-state index contributed by atoms with van der Waals surface area (Å²) in [7, 11) is 0. The van der Waals surface area contributed by atoms with Gasteiger partial charge in [-0.3, -0.25) is 4.79 Å². The fraction of sp³-hybridized carbons (Fsp3) is 0.529. The van der Waals surface area contributed by atoms with Crippen LogP contribution in [0.1, 0.15) is 39.5 Å². The molecule has 3 rings (SSSR count). The SMILES string of the molecule is CCn1ccc2cc(N)nc(NC3CCC(C)(O)CC3)c2c1=O. The highest BCUT2D eigenvalue weighted by Gasteiger charge is 2.29. The lowest BCUT2D eigenvalue weighted by atomic mass is 9.83. The smallest absolute Gasteiger partial charge is 0.262 e. The van der Waals surface area contributed by atoms with Gasteiger partial charge in [-0.2, -0.15) is 0 Å². The van der Waals surface area contributed by atoms with E-state index in [2.05, 4.69) is 10.3 Å². The summed E-state index contributed by atoms with van der Waals surface area (Å²) in [5.41, 5.74) is 5.26. The van der Waals surface area contributed by atoms with E-state index in [1.54, 1.807) is 16.8 Å². The van der Waals surface area contributed by atoms with Crippen LogP contribution >= 0.6 is 0 Å². The van der Waals surface area contributed by atoms with Crippen LogP contribution in [-0.2, 0) is 6.54 Å². The Morgan fingerprint density at radius 1 is 1.48 bits per heavy atom. The van der Waals surface area contributed by atoms with Gasteiger partial charge in [0.05, 0.1) is 11.0 Å². The van der Waals surface area contributed by atoms with Crippen LogP contribution in [0.2, 0.25) is 0 Å². The third-order valence-corrected chi connectivity index (χ3v) is 4.72. The number of fused-ring (bicyclic) bond motifs is 1. The molecular weight excluding hydrogens is 292 g/mol. The van der Waals surface area contributed by atoms with Crippen LogP contribution in [0.15, 0.2) is 23.1 Å². The molecule has 0 saturated heterocycles. The summed E-state index contributed by atoms with van der Waals surface area (Å²) in [6.07, 6.45) is 4.96. The van der Waals surface area contributed by atoms with E-state index in [1.807, 2.05) is 19.9 Å². The molecule has 0 aromatic carbocycles. The number of hydrogen-bond acceptors (Lipinski definition) is 5. The van der Waals surface area contributed by atoms with E-state index in [4.69, 9.17) is 5.73 Å². The van der Waals surface area contributed by atoms with Crippen molar-refractivity contribution in [3.8, 4) is 0 Å². The highest BCUT2D eigenvalue weighted by Crippen LogP contribution is 2.30. The van der Waals surface area contributed by atoms with E-state index in [9.17, 15) is 9.90 Å². The Balaban J connectivity index is 1.98. The lowest BCUT2D eigenvalue weighted by Gasteiger charge is -2.33. The molecule has 0 unspecified atom stereocenters. The van der Waals surface area contributed by atoms with Gasteiger partial charge in [0, 0.05) is 18.8 Å². The highest BCUT2D eigenvalue weighted by atomic mass is 16.3. The molecule has 1 saturated carbocycles. The molecule has 1 fully saturated rings. The van der Waals surface area contributed by atoms with Crippen LogP contribution in [-0.4, -0.2) is 26.3 Å². The monoisotopic (exact) mass is 316 g/mol. The van der Waals surface area contributed by atoms with Crippen molar-refractivity contribution in [2.75, 3.05) is 11.1 Å². The molecule has 1 aliphatic carbocycles. The molecule has 2 heterocycles. The van der Waals surface area contributed by atoms with Gasteiger partial charge in [0.2, 0.25) is 0 Å². The normalized spacial score (nSPS) is 24.7. The first kappa shape index (κ1) is 15.8. The summed E-state index contributed by atoms with van der Waals surface area (Å²) in [4.78, 5) is 17.0. The van der Waals surface area contributed by atoms with Crippen molar-refractivity contribution in [1.82, 2.24) is 9.55 Å². The third kappa shape index (κ3) is 3.17. The second kappa shape index (κ2) is 5.85. The number of nitrogens with one attached hydrogen (secondary N) is 1. The Morgan fingerprint density at radius 3 is 2.83 bits per heavy atom. The number of aryl methyl sites for hydroxylation is 1. The van der Waals surface area contributed by atoms with Crippen LogP contribution < -0.4 is 16.6 Å². The maximum Gasteiger partial charge on any atom is 0.262 e. The number of nitrogen functional groups attached to an aromatic ring is 1. The van der Waals surface area contributed by atoms with Gasteiger partial charge in [0.25, 0.3) is 5.56 Å². The number of aromatic nitrogens is 2. The standard InChI is InChI=1S/C17H24N4O2/c1-3-21-9-6-11-10-13(18)20-15(14(11)16(21)22)19-12-4-7-17(2,23)8-5-12/h6,9-10,12,23H,3-5,7-8H2,1-2H3,(H3,18,19,20). The summed E-state index contributed by atoms with van der Waals surface area (Å²) in [5.74, 6) is 0.954. The fourth-order valence-corrected chi connectivity index (χ4v) is 3.25. The van der Waals surface area contributed by atoms with Crippen molar-refractivity contribution in [1.29, 1.82) is 0 Å². The number of hydrogen-bond donors (Lipinski definition) is 3. The molecule has 23 heavy (non-hydrogen) atoms. The van der Waals surface area contributed by atoms with E-state index in [0.29, 0.717) is 23.6 Å². The minimum Gasteiger partial charge on any atom is -0.390 e. The molecule has 0 radical (unpaired) electrons. The Labute approximate surface area is 135 Å². The van der Waals surface area contributed by atoms with Crippen molar-refractivity contribution in [3.05, 3.63) is 28.7 Å². The molecule has 0 atom stereocenters. The topological polar surface area (TPSA) is 93.2 Å². The van der Waals surface area contributed by atoms with Crippen LogP contribution in [0, 0.1) is 0 Å². The number of nitrogens with two attached hydrogens (primary N) is 1. The molecular formula is C17H24N4O2. The second-order valence-electron chi connectivity index (χ2n) is 6.68. The number of nitrogens with zero attached hydrogens (tertiary/aromatic N) is 2. The minimum atomic E-state index is -0.585. The molecule has 0 amide bonds. The summed E-state index contributed by atoms with van der Waals surface area (Å²) < 4.78 is 1.66. The van der Waals surface area contributed by atoms with Crippen molar-refractivity contribution < 1.29 is 5.11 Å². The molecule has 6 nitrogen and oxygen atoms in total. The number of anilines is 2. The molecule has 124 valence electrons. The lowest BCUT2D eigenvalue weighted by molar-refractivity contribution is 0.0196. The van der Waals surface area contributed by atoms with Gasteiger partial charge in [0.15, 0.2) is 0 Å². The van der Waals surface area contributed by atoms with E-state index in [-0.39, 0.29) is 11.6 Å². The van der Waals surface area contributed by atoms with Crippen molar-refractivity contribution in [2.24, 2.45) is 0 Å². The highest BCUT2D eigenvalue weighted by molar-refractivity contribution is 5.92. The predicted molar refractivity (Wildman–Crippen MR) is 92.6 cm³/mol. The van der Waals surface area contributed by atoms with Gasteiger partial charge < -0.3 is 20.7 Å². The number of rotatable bonds is 3. The van der Waals surface area contributed by atoms with E-state index in [1.165, 1.54) is 0 Å². The number of pyridine rings is 2. The molecule has 2 aromatic rings. The van der Waals surface area contributed by atoms with Gasteiger partial charge in [-0.15, -0.1) is 0 Å². The molecule has 4 N–H and O–H groups in total. The average molecular weight is 316 g/mol. The molecule has 0 spiro atoms. The maximum absolute atomic E-state index is 12.6. The summed E-state index contributed by atoms with van der Waals surface area (Å²) in [6, 6.07) is 3.82. The Morgan fingerprint density at radius 2 is 2.17 bits per heavy atom. The van der Waals surface area contributed by atoms with Gasteiger partial charge in [0.1, 0.15) is 11.6 Å². The van der Waals surface area contributed by atoms with Crippen LogP contribution in [0.5, 0.6) is 0 Å². The lowest BCUT2D eigenvalue weighted by Crippen LogP contribution is -2.36. The quantitative estimate of drug-likeness (QED) is 0.806. The molecule has 6 heteroatoms. The van der Waals surface area contributed by atoms with E-state index < -0.39 is 5.60 Å². The summed E-state index contributed by atoms with van der Waals surface area (Å²) >= 11 is 0. The Bertz CT molecular complexity index is 772. The van der Waals surface area contributed by atoms with Crippen LogP contribution in [0.25, 0.3) is 10.8 Å². The van der Waals surface area contributed by atoms with Gasteiger partial charge in [-0.25, -0.2) is 4.98 Å². The van der Waals surface area contributed by atoms with E-state index in [0.717, 1.165) is 31.1 Å². The van der Waals surface area contributed by atoms with Crippen LogP contribution in [0.4, 0.5) is 11.6 Å². The molecule has 0 aliphatic heterocycles. The number of aliphatic hydroxyl groups is 1. The summed E-state index contributed by atoms with van der Waals surface area (Å²) in [5, 5.41) is 14.8. The summed E-state index contributed by atoms with van der Waals surface area (Å²) in [6.45, 7) is 4.43. The maximum atomic E-state index is 12.6. The van der Waals surface area contributed by atoms with Crippen molar-refractivity contribution >= 4 is 22.4 Å². The third-order valence-electron chi connectivity index (χ3n) is 4.72. The van der Waals surface area contributed by atoms with Crippen LogP contribution in [0.3, 0.4) is 0 Å². The first-order valence-corrected chi connectivity index (χ1v) is 8.18. The minimum absolute atomic E-state index is 0.0530. The zero-order valence-electron chi connectivity index (χ0n) is 13.7. The van der Waals surface area contributed by atoms with Gasteiger partial charge in [-0.1, -0.05) is 0 Å². The van der Waals surface area contributed by atoms with Gasteiger partial charge >= 0.3 is 0 Å². The first-order chi connectivity index (χ1) is 10.9. The Kier molecular flexibility index (Phi) is 4.02. The van der Waals surface area contributed by atoms with Crippen molar-refractivity contribution in [2.45, 2.75) is 57.7 Å². The fourth-order valence-electron chi connectivity index (χ4n) is 3.25. The zero-order chi connectivity index (χ0) is 16.6. The zero-order valence-corrected chi connectivity index (χ0v) is 13.7. The average Bonchev–Trinajstić information content (AvgIpc) is 2.49. The molecule has 2 aromatic heterocycles. The molecule has 1 aliphatic rings. The van der Waals surface area contributed by atoms with Crippen molar-refractivity contribution in [3.63, 3.8) is 0 Å². The first-order valence-electron chi connectivity index (χ1n) is 8.18. The second-order valence-corrected chi connectivity index (χ2v) is 6.68. The largest absolute Gasteiger partial charge is 0.390 e. The van der Waals surface area contributed by atoms with Gasteiger partial charge in [-0.05, 0) is 57.0 Å². The predicted octanol–water partition coefficient (Wildman–Crippen LogP) is 2.10. The molecule has 0 bridgehead atoms.